The van der Waals surface area contributed by atoms with E-state index in [1.165, 1.54) is 0 Å². The first-order valence-electron chi connectivity index (χ1n) is 4.34. The summed E-state index contributed by atoms with van der Waals surface area (Å²) in [5.74, 6) is -0.0364. The van der Waals surface area contributed by atoms with Gasteiger partial charge in [-0.25, -0.2) is 0 Å². The fourth-order valence-corrected chi connectivity index (χ4v) is 1.48. The van der Waals surface area contributed by atoms with Gasteiger partial charge in [0.25, 0.3) is 0 Å². The smallest absolute Gasteiger partial charge is 0.235 e. The number of aliphatic hydroxyl groups excluding tert-OH is 1. The molecule has 76 valence electrons. The van der Waals surface area contributed by atoms with E-state index in [1.807, 2.05) is 0 Å². The Kier molecular flexibility index (Phi) is 4.02. The van der Waals surface area contributed by atoms with E-state index in [2.05, 4.69) is 12.6 Å². The van der Waals surface area contributed by atoms with Crippen LogP contribution in [0.2, 0.25) is 0 Å². The number of amides is 1. The van der Waals surface area contributed by atoms with Crippen molar-refractivity contribution in [3.8, 4) is 0 Å². The highest BCUT2D eigenvalue weighted by Crippen LogP contribution is 2.10. The van der Waals surface area contributed by atoms with Crippen molar-refractivity contribution in [2.24, 2.45) is 0 Å². The average molecular weight is 205 g/mol. The molecule has 0 saturated carbocycles. The standard InChI is InChI=1S/C8H15NO3S/c1-6(13)8(11)9-2-3-12-5-7(9)4-10/h6-7,10,13H,2-5H2,1H3. The Morgan fingerprint density at radius 3 is 3.08 bits per heavy atom. The Bertz CT molecular complexity index is 186. The predicted molar refractivity (Wildman–Crippen MR) is 51.9 cm³/mol. The third-order valence-corrected chi connectivity index (χ3v) is 2.30. The second kappa shape index (κ2) is 4.83. The molecule has 1 N–H and O–H groups in total. The monoisotopic (exact) mass is 205 g/mol. The zero-order valence-corrected chi connectivity index (χ0v) is 8.54. The largest absolute Gasteiger partial charge is 0.394 e. The van der Waals surface area contributed by atoms with Gasteiger partial charge in [-0.2, -0.15) is 12.6 Å². The molecule has 1 amide bonds. The lowest BCUT2D eigenvalue weighted by Gasteiger charge is -2.35. The van der Waals surface area contributed by atoms with Gasteiger partial charge in [0.05, 0.1) is 31.1 Å². The molecule has 2 unspecified atom stereocenters. The highest BCUT2D eigenvalue weighted by Gasteiger charge is 2.28. The number of carbonyl (C=O) groups excluding carboxylic acids is 1. The zero-order chi connectivity index (χ0) is 9.84. The summed E-state index contributed by atoms with van der Waals surface area (Å²) in [7, 11) is 0. The van der Waals surface area contributed by atoms with Gasteiger partial charge in [0, 0.05) is 6.54 Å². The number of morpholine rings is 1. The van der Waals surface area contributed by atoms with E-state index in [1.54, 1.807) is 11.8 Å². The molecule has 1 rings (SSSR count). The molecule has 0 bridgehead atoms. The van der Waals surface area contributed by atoms with Crippen LogP contribution < -0.4 is 0 Å². The summed E-state index contributed by atoms with van der Waals surface area (Å²) in [6.07, 6.45) is 0. The maximum Gasteiger partial charge on any atom is 0.235 e. The molecule has 1 aliphatic heterocycles. The van der Waals surface area contributed by atoms with Crippen LogP contribution in [0.4, 0.5) is 0 Å². The first-order valence-corrected chi connectivity index (χ1v) is 4.85. The van der Waals surface area contributed by atoms with Crippen LogP contribution in [0.1, 0.15) is 6.92 Å². The number of aliphatic hydroxyl groups is 1. The molecule has 0 spiro atoms. The van der Waals surface area contributed by atoms with Crippen molar-refractivity contribution in [3.63, 3.8) is 0 Å². The Morgan fingerprint density at radius 1 is 1.85 bits per heavy atom. The molecule has 13 heavy (non-hydrogen) atoms. The Labute approximate surface area is 83.3 Å². The third kappa shape index (κ3) is 2.59. The zero-order valence-electron chi connectivity index (χ0n) is 7.64. The number of hydrogen-bond donors (Lipinski definition) is 2. The number of ether oxygens (including phenoxy) is 1. The van der Waals surface area contributed by atoms with E-state index in [4.69, 9.17) is 9.84 Å². The van der Waals surface area contributed by atoms with Crippen LogP contribution in [0.5, 0.6) is 0 Å². The predicted octanol–water partition coefficient (Wildman–Crippen LogP) is -0.476. The van der Waals surface area contributed by atoms with Crippen molar-refractivity contribution < 1.29 is 14.6 Å². The normalized spacial score (nSPS) is 25.8. The average Bonchev–Trinajstić information content (AvgIpc) is 2.16. The molecule has 1 aliphatic rings. The summed E-state index contributed by atoms with van der Waals surface area (Å²) < 4.78 is 5.15. The van der Waals surface area contributed by atoms with E-state index in [0.717, 1.165) is 0 Å². The van der Waals surface area contributed by atoms with Gasteiger partial charge in [0.15, 0.2) is 0 Å². The lowest BCUT2D eigenvalue weighted by Crippen LogP contribution is -2.52. The van der Waals surface area contributed by atoms with E-state index in [0.29, 0.717) is 19.8 Å². The molecule has 0 aromatic carbocycles. The minimum atomic E-state index is -0.313. The topological polar surface area (TPSA) is 49.8 Å². The maximum absolute atomic E-state index is 11.6. The fraction of sp³-hybridized carbons (Fsp3) is 0.875. The van der Waals surface area contributed by atoms with Crippen LogP contribution in [0, 0.1) is 0 Å². The summed E-state index contributed by atoms with van der Waals surface area (Å²) in [6.45, 7) is 3.20. The summed E-state index contributed by atoms with van der Waals surface area (Å²) in [5, 5.41) is 8.68. The van der Waals surface area contributed by atoms with Gasteiger partial charge < -0.3 is 14.7 Å². The van der Waals surface area contributed by atoms with E-state index < -0.39 is 0 Å². The van der Waals surface area contributed by atoms with Crippen molar-refractivity contribution in [1.82, 2.24) is 4.90 Å². The molecular formula is C8H15NO3S. The molecule has 0 radical (unpaired) electrons. The molecular weight excluding hydrogens is 190 g/mol. The Balaban J connectivity index is 2.58. The minimum Gasteiger partial charge on any atom is -0.394 e. The van der Waals surface area contributed by atoms with Crippen molar-refractivity contribution >= 4 is 18.5 Å². The molecule has 0 aromatic rings. The summed E-state index contributed by atoms with van der Waals surface area (Å²) in [6, 6.07) is -0.198. The molecule has 5 heteroatoms. The third-order valence-electron chi connectivity index (χ3n) is 2.08. The Morgan fingerprint density at radius 2 is 2.54 bits per heavy atom. The van der Waals surface area contributed by atoms with Crippen LogP contribution >= 0.6 is 12.6 Å². The van der Waals surface area contributed by atoms with Crippen molar-refractivity contribution in [3.05, 3.63) is 0 Å². The highest BCUT2D eigenvalue weighted by atomic mass is 32.1. The maximum atomic E-state index is 11.6. The quantitative estimate of drug-likeness (QED) is 0.599. The lowest BCUT2D eigenvalue weighted by atomic mass is 10.2. The summed E-state index contributed by atoms with van der Waals surface area (Å²) in [4.78, 5) is 13.2. The van der Waals surface area contributed by atoms with Crippen molar-refractivity contribution in [2.75, 3.05) is 26.4 Å². The highest BCUT2D eigenvalue weighted by molar-refractivity contribution is 7.81. The molecule has 0 aliphatic carbocycles. The molecule has 0 aromatic heterocycles. The Hall–Kier alpha value is -0.260. The van der Waals surface area contributed by atoms with E-state index in [-0.39, 0.29) is 23.8 Å². The molecule has 1 heterocycles. The molecule has 1 fully saturated rings. The van der Waals surface area contributed by atoms with Crippen molar-refractivity contribution in [2.45, 2.75) is 18.2 Å². The van der Waals surface area contributed by atoms with Crippen LogP contribution in [0.15, 0.2) is 0 Å². The summed E-state index contributed by atoms with van der Waals surface area (Å²) in [5.41, 5.74) is 0. The van der Waals surface area contributed by atoms with Gasteiger partial charge in [-0.15, -0.1) is 0 Å². The summed E-state index contributed by atoms with van der Waals surface area (Å²) >= 11 is 4.07. The van der Waals surface area contributed by atoms with E-state index >= 15 is 0 Å². The van der Waals surface area contributed by atoms with Crippen molar-refractivity contribution in [1.29, 1.82) is 0 Å². The van der Waals surface area contributed by atoms with Gasteiger partial charge in [-0.05, 0) is 6.92 Å². The number of nitrogens with zero attached hydrogens (tertiary/aromatic N) is 1. The van der Waals surface area contributed by atoms with Gasteiger partial charge in [-0.3, -0.25) is 4.79 Å². The van der Waals surface area contributed by atoms with Crippen LogP contribution in [-0.2, 0) is 9.53 Å². The second-order valence-electron chi connectivity index (χ2n) is 3.12. The number of carbonyl (C=O) groups is 1. The van der Waals surface area contributed by atoms with Crippen LogP contribution in [0.25, 0.3) is 0 Å². The van der Waals surface area contributed by atoms with Crippen LogP contribution in [-0.4, -0.2) is 53.6 Å². The van der Waals surface area contributed by atoms with Gasteiger partial charge >= 0.3 is 0 Å². The first-order chi connectivity index (χ1) is 6.16. The number of hydrogen-bond acceptors (Lipinski definition) is 4. The second-order valence-corrected chi connectivity index (χ2v) is 3.89. The molecule has 4 nitrogen and oxygen atoms in total. The number of thiol groups is 1. The fourth-order valence-electron chi connectivity index (χ4n) is 1.34. The molecule has 1 saturated heterocycles. The van der Waals surface area contributed by atoms with Crippen LogP contribution in [0.3, 0.4) is 0 Å². The first kappa shape index (κ1) is 10.8. The minimum absolute atomic E-state index is 0.0364. The van der Waals surface area contributed by atoms with Gasteiger partial charge in [-0.1, -0.05) is 0 Å². The van der Waals surface area contributed by atoms with Gasteiger partial charge in [0.2, 0.25) is 5.91 Å². The van der Waals surface area contributed by atoms with Gasteiger partial charge in [0.1, 0.15) is 0 Å². The molecule has 2 atom stereocenters. The van der Waals surface area contributed by atoms with E-state index in [9.17, 15) is 4.79 Å². The lowest BCUT2D eigenvalue weighted by molar-refractivity contribution is -0.140. The number of rotatable bonds is 2. The SMILES string of the molecule is CC(S)C(=O)N1CCOCC1CO.